The Hall–Kier alpha value is -2.52. The number of thiophene rings is 1. The Labute approximate surface area is 194 Å². The van der Waals surface area contributed by atoms with E-state index in [0.717, 1.165) is 41.6 Å². The lowest BCUT2D eigenvalue weighted by atomic mass is 10.2. The predicted octanol–water partition coefficient (Wildman–Crippen LogP) is 3.41. The fourth-order valence-electron chi connectivity index (χ4n) is 4.16. The highest BCUT2D eigenvalue weighted by molar-refractivity contribution is 7.99. The molecule has 0 saturated heterocycles. The first-order chi connectivity index (χ1) is 15.6. The third-order valence-electron chi connectivity index (χ3n) is 5.66. The summed E-state index contributed by atoms with van der Waals surface area (Å²) in [5.74, 6) is 1.48. The molecule has 5 rings (SSSR count). The summed E-state index contributed by atoms with van der Waals surface area (Å²) in [6.07, 6.45) is 3.71. The minimum absolute atomic E-state index is 0.0329. The molecular weight excluding hydrogens is 446 g/mol. The highest BCUT2D eigenvalue weighted by atomic mass is 32.2. The van der Waals surface area contributed by atoms with Crippen LogP contribution >= 0.6 is 23.1 Å². The molecule has 1 N–H and O–H groups in total. The number of fused-ring (bicyclic) bond motifs is 4. The van der Waals surface area contributed by atoms with Gasteiger partial charge in [0.05, 0.1) is 17.7 Å². The molecule has 1 unspecified atom stereocenters. The maximum absolute atomic E-state index is 13.2. The van der Waals surface area contributed by atoms with Crippen molar-refractivity contribution in [2.75, 3.05) is 18.9 Å². The van der Waals surface area contributed by atoms with Crippen LogP contribution in [0.3, 0.4) is 0 Å². The van der Waals surface area contributed by atoms with E-state index in [0.29, 0.717) is 30.6 Å². The standard InChI is InChI=1S/C23H25N3O4S2/c1-2-10-26-22(28)20-15-6-5-9-18(15)32-21(20)25-23(26)31-13-19(27)24-11-14-12-29-16-7-3-4-8-17(16)30-14/h3-4,7-8,14H,2,5-6,9-13H2,1H3,(H,24,27). The molecule has 0 bridgehead atoms. The number of para-hydroxylation sites is 2. The molecule has 0 radical (unpaired) electrons. The van der Waals surface area contributed by atoms with Crippen LogP contribution < -0.4 is 20.3 Å². The number of hydrogen-bond acceptors (Lipinski definition) is 7. The quantitative estimate of drug-likeness (QED) is 0.420. The number of carbonyl (C=O) groups excluding carboxylic acids is 1. The number of nitrogens with one attached hydrogen (secondary N) is 1. The molecule has 1 atom stereocenters. The summed E-state index contributed by atoms with van der Waals surface area (Å²) in [5.41, 5.74) is 1.23. The van der Waals surface area contributed by atoms with Crippen LogP contribution in [0.5, 0.6) is 11.5 Å². The van der Waals surface area contributed by atoms with Gasteiger partial charge in [-0.3, -0.25) is 14.2 Å². The lowest BCUT2D eigenvalue weighted by molar-refractivity contribution is -0.119. The molecule has 0 spiro atoms. The van der Waals surface area contributed by atoms with Gasteiger partial charge in [0.2, 0.25) is 5.91 Å². The monoisotopic (exact) mass is 471 g/mol. The molecule has 1 aromatic carbocycles. The molecule has 32 heavy (non-hydrogen) atoms. The van der Waals surface area contributed by atoms with Crippen LogP contribution in [-0.4, -0.2) is 40.5 Å². The van der Waals surface area contributed by atoms with Gasteiger partial charge >= 0.3 is 0 Å². The summed E-state index contributed by atoms with van der Waals surface area (Å²) >= 11 is 2.94. The molecule has 1 aliphatic heterocycles. The number of rotatable bonds is 7. The highest BCUT2D eigenvalue weighted by Crippen LogP contribution is 2.35. The highest BCUT2D eigenvalue weighted by Gasteiger charge is 2.24. The van der Waals surface area contributed by atoms with Gasteiger partial charge in [-0.1, -0.05) is 30.8 Å². The van der Waals surface area contributed by atoms with Crippen molar-refractivity contribution in [3.05, 3.63) is 45.1 Å². The van der Waals surface area contributed by atoms with E-state index in [-0.39, 0.29) is 23.3 Å². The zero-order valence-electron chi connectivity index (χ0n) is 17.9. The van der Waals surface area contributed by atoms with Gasteiger partial charge < -0.3 is 14.8 Å². The van der Waals surface area contributed by atoms with Crippen molar-refractivity contribution in [3.8, 4) is 11.5 Å². The molecule has 3 heterocycles. The number of amides is 1. The molecule has 3 aromatic rings. The van der Waals surface area contributed by atoms with E-state index in [1.54, 1.807) is 15.9 Å². The Morgan fingerprint density at radius 2 is 2.16 bits per heavy atom. The largest absolute Gasteiger partial charge is 0.486 e. The Kier molecular flexibility index (Phi) is 6.10. The topological polar surface area (TPSA) is 82.5 Å². The van der Waals surface area contributed by atoms with E-state index in [2.05, 4.69) is 5.32 Å². The Morgan fingerprint density at radius 1 is 1.31 bits per heavy atom. The molecule has 0 saturated carbocycles. The number of benzene rings is 1. The summed E-state index contributed by atoms with van der Waals surface area (Å²) in [7, 11) is 0. The first-order valence-electron chi connectivity index (χ1n) is 11.0. The first-order valence-corrected chi connectivity index (χ1v) is 12.8. The van der Waals surface area contributed by atoms with E-state index in [1.165, 1.54) is 22.2 Å². The normalized spacial score (nSPS) is 16.8. The van der Waals surface area contributed by atoms with Crippen LogP contribution in [0, 0.1) is 0 Å². The number of nitrogens with zero attached hydrogens (tertiary/aromatic N) is 2. The van der Waals surface area contributed by atoms with Crippen LogP contribution in [0.25, 0.3) is 10.2 Å². The van der Waals surface area contributed by atoms with Gasteiger partial charge in [-0.25, -0.2) is 4.98 Å². The second-order valence-corrected chi connectivity index (χ2v) is 10.0. The number of carbonyl (C=O) groups is 1. The smallest absolute Gasteiger partial charge is 0.263 e. The zero-order chi connectivity index (χ0) is 22.1. The lowest BCUT2D eigenvalue weighted by Gasteiger charge is -2.26. The van der Waals surface area contributed by atoms with Crippen molar-refractivity contribution in [2.45, 2.75) is 50.4 Å². The van der Waals surface area contributed by atoms with E-state index >= 15 is 0 Å². The fourth-order valence-corrected chi connectivity index (χ4v) is 6.32. The zero-order valence-corrected chi connectivity index (χ0v) is 19.5. The molecule has 168 valence electrons. The predicted molar refractivity (Wildman–Crippen MR) is 126 cm³/mol. The van der Waals surface area contributed by atoms with Crippen LogP contribution in [0.2, 0.25) is 0 Å². The van der Waals surface area contributed by atoms with Crippen molar-refractivity contribution >= 4 is 39.2 Å². The second kappa shape index (κ2) is 9.15. The van der Waals surface area contributed by atoms with E-state index in [4.69, 9.17) is 14.5 Å². The second-order valence-electron chi connectivity index (χ2n) is 7.98. The summed E-state index contributed by atoms with van der Waals surface area (Å²) in [6.45, 7) is 3.39. The lowest BCUT2D eigenvalue weighted by Crippen LogP contribution is -2.41. The Bertz CT molecular complexity index is 1220. The van der Waals surface area contributed by atoms with Crippen molar-refractivity contribution in [3.63, 3.8) is 0 Å². The number of aromatic nitrogens is 2. The van der Waals surface area contributed by atoms with E-state index in [1.807, 2.05) is 31.2 Å². The van der Waals surface area contributed by atoms with Crippen LogP contribution in [0.1, 0.15) is 30.2 Å². The average molecular weight is 472 g/mol. The summed E-state index contributed by atoms with van der Waals surface area (Å²) in [6, 6.07) is 7.51. The number of hydrogen-bond donors (Lipinski definition) is 1. The molecule has 1 amide bonds. The Balaban J connectivity index is 1.24. The fraction of sp³-hybridized carbons (Fsp3) is 0.435. The Morgan fingerprint density at radius 3 is 3.00 bits per heavy atom. The van der Waals surface area contributed by atoms with E-state index < -0.39 is 0 Å². The first kappa shape index (κ1) is 21.3. The molecule has 9 heteroatoms. The van der Waals surface area contributed by atoms with Crippen LogP contribution in [0.15, 0.2) is 34.2 Å². The number of thioether (sulfide) groups is 1. The van der Waals surface area contributed by atoms with Gasteiger partial charge in [-0.2, -0.15) is 0 Å². The van der Waals surface area contributed by atoms with E-state index in [9.17, 15) is 9.59 Å². The van der Waals surface area contributed by atoms with Crippen molar-refractivity contribution in [2.24, 2.45) is 0 Å². The van der Waals surface area contributed by atoms with Crippen LogP contribution in [0.4, 0.5) is 0 Å². The third kappa shape index (κ3) is 4.11. The molecular formula is C23H25N3O4S2. The molecule has 2 aromatic heterocycles. The van der Waals surface area contributed by atoms with Crippen molar-refractivity contribution < 1.29 is 14.3 Å². The van der Waals surface area contributed by atoms with Gasteiger partial charge in [-0.15, -0.1) is 11.3 Å². The number of ether oxygens (including phenoxy) is 2. The van der Waals surface area contributed by atoms with Gasteiger partial charge in [0.15, 0.2) is 16.7 Å². The molecule has 2 aliphatic rings. The number of aryl methyl sites for hydroxylation is 2. The summed E-state index contributed by atoms with van der Waals surface area (Å²) in [4.78, 5) is 32.6. The van der Waals surface area contributed by atoms with Gasteiger partial charge in [-0.05, 0) is 43.4 Å². The maximum Gasteiger partial charge on any atom is 0.263 e. The van der Waals surface area contributed by atoms with Gasteiger partial charge in [0.1, 0.15) is 17.5 Å². The van der Waals surface area contributed by atoms with Crippen molar-refractivity contribution in [1.29, 1.82) is 0 Å². The summed E-state index contributed by atoms with van der Waals surface area (Å²) < 4.78 is 13.3. The average Bonchev–Trinajstić information content (AvgIpc) is 3.39. The minimum atomic E-state index is -0.236. The third-order valence-corrected chi connectivity index (χ3v) is 7.83. The maximum atomic E-state index is 13.2. The molecule has 7 nitrogen and oxygen atoms in total. The summed E-state index contributed by atoms with van der Waals surface area (Å²) in [5, 5.41) is 4.32. The van der Waals surface area contributed by atoms with Gasteiger partial charge in [0.25, 0.3) is 5.56 Å². The SMILES string of the molecule is CCCn1c(SCC(=O)NCC2COc3ccccc3O2)nc2sc3c(c2c1=O)CCC3. The molecule has 1 aliphatic carbocycles. The van der Waals surface area contributed by atoms with Crippen LogP contribution in [-0.2, 0) is 24.2 Å². The van der Waals surface area contributed by atoms with Gasteiger partial charge in [0, 0.05) is 11.4 Å². The molecule has 0 fully saturated rings. The minimum Gasteiger partial charge on any atom is -0.486 e. The van der Waals surface area contributed by atoms with Crippen molar-refractivity contribution in [1.82, 2.24) is 14.9 Å².